The molecular formula is C33H30N4O3. The van der Waals surface area contributed by atoms with Crippen LogP contribution in [0.1, 0.15) is 27.0 Å². The number of amides is 2. The first kappa shape index (κ1) is 25.4. The van der Waals surface area contributed by atoms with Gasteiger partial charge in [0, 0.05) is 37.9 Å². The van der Waals surface area contributed by atoms with Crippen molar-refractivity contribution in [1.82, 2.24) is 9.88 Å². The monoisotopic (exact) mass is 530 g/mol. The molecule has 40 heavy (non-hydrogen) atoms. The van der Waals surface area contributed by atoms with Crippen LogP contribution < -0.4 is 14.5 Å². The molecule has 2 amide bonds. The van der Waals surface area contributed by atoms with E-state index >= 15 is 0 Å². The van der Waals surface area contributed by atoms with E-state index in [1.165, 1.54) is 5.56 Å². The minimum absolute atomic E-state index is 0.00284. The topological polar surface area (TPSA) is 66.0 Å². The SMILES string of the molecule is Cc1ccc(CN2C(=O)C(=Cc3ccc(C(=O)N4CCN(c5ccccn5)CC4)cc3)Oc3ccccc32)cc1. The Morgan fingerprint density at radius 1 is 0.875 bits per heavy atom. The van der Waals surface area contributed by atoms with Crippen LogP contribution >= 0.6 is 0 Å². The Bertz CT molecular complexity index is 1540. The number of carbonyl (C=O) groups is 2. The maximum atomic E-state index is 13.5. The fourth-order valence-electron chi connectivity index (χ4n) is 5.03. The molecule has 3 aromatic carbocycles. The van der Waals surface area contributed by atoms with Gasteiger partial charge in [0.25, 0.3) is 11.8 Å². The van der Waals surface area contributed by atoms with Gasteiger partial charge in [-0.1, -0.05) is 60.2 Å². The number of fused-ring (bicyclic) bond motifs is 1. The molecule has 2 aliphatic rings. The molecule has 0 radical (unpaired) electrons. The van der Waals surface area contributed by atoms with Crippen LogP contribution in [0.5, 0.6) is 5.75 Å². The van der Waals surface area contributed by atoms with Crippen molar-refractivity contribution in [3.05, 3.63) is 125 Å². The second-order valence-electron chi connectivity index (χ2n) is 10.0. The van der Waals surface area contributed by atoms with Crippen molar-refractivity contribution in [2.24, 2.45) is 0 Å². The highest BCUT2D eigenvalue weighted by molar-refractivity contribution is 6.09. The first-order valence-corrected chi connectivity index (χ1v) is 13.5. The summed E-state index contributed by atoms with van der Waals surface area (Å²) in [7, 11) is 0. The Morgan fingerprint density at radius 2 is 1.60 bits per heavy atom. The maximum Gasteiger partial charge on any atom is 0.294 e. The molecule has 4 aromatic rings. The third-order valence-corrected chi connectivity index (χ3v) is 7.29. The summed E-state index contributed by atoms with van der Waals surface area (Å²) in [6.07, 6.45) is 3.52. The molecule has 0 bridgehead atoms. The molecule has 0 aliphatic carbocycles. The van der Waals surface area contributed by atoms with E-state index in [0.29, 0.717) is 30.9 Å². The van der Waals surface area contributed by atoms with E-state index in [2.05, 4.69) is 9.88 Å². The molecule has 200 valence electrons. The third kappa shape index (κ3) is 5.31. The molecule has 6 rings (SSSR count). The van der Waals surface area contributed by atoms with Crippen molar-refractivity contribution < 1.29 is 14.3 Å². The van der Waals surface area contributed by atoms with E-state index in [1.54, 1.807) is 17.2 Å². The van der Waals surface area contributed by atoms with Gasteiger partial charge >= 0.3 is 0 Å². The van der Waals surface area contributed by atoms with Gasteiger partial charge in [0.1, 0.15) is 5.82 Å². The molecule has 0 unspecified atom stereocenters. The Morgan fingerprint density at radius 3 is 2.33 bits per heavy atom. The number of anilines is 2. The van der Waals surface area contributed by atoms with Crippen LogP contribution in [0.3, 0.4) is 0 Å². The lowest BCUT2D eigenvalue weighted by Gasteiger charge is -2.35. The first-order chi connectivity index (χ1) is 19.5. The summed E-state index contributed by atoms with van der Waals surface area (Å²) >= 11 is 0. The minimum atomic E-state index is -0.204. The van der Waals surface area contributed by atoms with E-state index in [4.69, 9.17) is 4.74 Å². The van der Waals surface area contributed by atoms with Crippen molar-refractivity contribution in [2.75, 3.05) is 36.0 Å². The fourth-order valence-corrected chi connectivity index (χ4v) is 5.03. The number of rotatable bonds is 5. The zero-order valence-corrected chi connectivity index (χ0v) is 22.4. The summed E-state index contributed by atoms with van der Waals surface area (Å²) in [5, 5.41) is 0. The molecule has 3 heterocycles. The van der Waals surface area contributed by atoms with Crippen molar-refractivity contribution in [2.45, 2.75) is 13.5 Å². The Labute approximate surface area is 233 Å². The van der Waals surface area contributed by atoms with Crippen LogP contribution in [0.2, 0.25) is 0 Å². The number of nitrogens with zero attached hydrogens (tertiary/aromatic N) is 4. The zero-order valence-electron chi connectivity index (χ0n) is 22.4. The van der Waals surface area contributed by atoms with Gasteiger partial charge in [0.05, 0.1) is 12.2 Å². The van der Waals surface area contributed by atoms with Crippen LogP contribution in [0.15, 0.2) is 103 Å². The van der Waals surface area contributed by atoms with Gasteiger partial charge in [-0.2, -0.15) is 0 Å². The molecule has 1 saturated heterocycles. The largest absolute Gasteiger partial charge is 0.449 e. The summed E-state index contributed by atoms with van der Waals surface area (Å²) in [4.78, 5) is 36.9. The predicted molar refractivity (Wildman–Crippen MR) is 156 cm³/mol. The van der Waals surface area contributed by atoms with Crippen LogP contribution in [-0.4, -0.2) is 47.9 Å². The second-order valence-corrected chi connectivity index (χ2v) is 10.0. The van der Waals surface area contributed by atoms with Crippen LogP contribution in [0.4, 0.5) is 11.5 Å². The Kier molecular flexibility index (Phi) is 7.02. The lowest BCUT2D eigenvalue weighted by Crippen LogP contribution is -2.49. The van der Waals surface area contributed by atoms with Crippen LogP contribution in [0, 0.1) is 6.92 Å². The lowest BCUT2D eigenvalue weighted by molar-refractivity contribution is -0.117. The highest BCUT2D eigenvalue weighted by Gasteiger charge is 2.30. The maximum absolute atomic E-state index is 13.5. The fraction of sp³-hybridized carbons (Fsp3) is 0.182. The summed E-state index contributed by atoms with van der Waals surface area (Å²) < 4.78 is 6.04. The van der Waals surface area contributed by atoms with Crippen LogP contribution in [-0.2, 0) is 11.3 Å². The minimum Gasteiger partial charge on any atom is -0.449 e. The molecule has 1 aromatic heterocycles. The Hall–Kier alpha value is -4.91. The van der Waals surface area contributed by atoms with Gasteiger partial charge in [-0.05, 0) is 60.5 Å². The van der Waals surface area contributed by atoms with E-state index < -0.39 is 0 Å². The van der Waals surface area contributed by atoms with Gasteiger partial charge in [-0.15, -0.1) is 0 Å². The predicted octanol–water partition coefficient (Wildman–Crippen LogP) is 5.32. The summed E-state index contributed by atoms with van der Waals surface area (Å²) in [6.45, 7) is 5.25. The number of aryl methyl sites for hydroxylation is 1. The average molecular weight is 531 g/mol. The number of para-hydroxylation sites is 2. The lowest BCUT2D eigenvalue weighted by atomic mass is 10.1. The number of ether oxygens (including phenoxy) is 1. The number of aromatic nitrogens is 1. The first-order valence-electron chi connectivity index (χ1n) is 13.5. The normalized spacial score (nSPS) is 16.1. The molecule has 2 aliphatic heterocycles. The summed E-state index contributed by atoms with van der Waals surface area (Å²) in [5.41, 5.74) is 4.37. The molecular weight excluding hydrogens is 500 g/mol. The van der Waals surface area contributed by atoms with Crippen molar-refractivity contribution in [3.8, 4) is 5.75 Å². The molecule has 1 fully saturated rings. The molecule has 7 nitrogen and oxygen atoms in total. The van der Waals surface area contributed by atoms with Crippen LogP contribution in [0.25, 0.3) is 6.08 Å². The molecule has 0 N–H and O–H groups in total. The van der Waals surface area contributed by atoms with E-state index in [0.717, 1.165) is 35.7 Å². The molecule has 0 saturated carbocycles. The van der Waals surface area contributed by atoms with E-state index in [-0.39, 0.29) is 17.6 Å². The van der Waals surface area contributed by atoms with Crippen molar-refractivity contribution >= 4 is 29.4 Å². The number of hydrogen-bond donors (Lipinski definition) is 0. The summed E-state index contributed by atoms with van der Waals surface area (Å²) in [5.74, 6) is 1.62. The highest BCUT2D eigenvalue weighted by atomic mass is 16.5. The van der Waals surface area contributed by atoms with Gasteiger partial charge in [-0.25, -0.2) is 4.98 Å². The van der Waals surface area contributed by atoms with Crippen molar-refractivity contribution in [1.29, 1.82) is 0 Å². The zero-order chi connectivity index (χ0) is 27.5. The van der Waals surface area contributed by atoms with E-state index in [1.807, 2.05) is 103 Å². The highest BCUT2D eigenvalue weighted by Crippen LogP contribution is 2.36. The second kappa shape index (κ2) is 11.1. The van der Waals surface area contributed by atoms with Crippen molar-refractivity contribution in [3.63, 3.8) is 0 Å². The van der Waals surface area contributed by atoms with E-state index in [9.17, 15) is 9.59 Å². The van der Waals surface area contributed by atoms with Gasteiger partial charge in [0.15, 0.2) is 11.5 Å². The number of pyridine rings is 1. The van der Waals surface area contributed by atoms with Gasteiger partial charge in [0.2, 0.25) is 0 Å². The molecule has 0 spiro atoms. The molecule has 0 atom stereocenters. The quantitative estimate of drug-likeness (QED) is 0.327. The number of piperazine rings is 1. The number of carbonyl (C=O) groups excluding carboxylic acids is 2. The van der Waals surface area contributed by atoms with Gasteiger partial charge in [-0.3, -0.25) is 14.5 Å². The summed E-state index contributed by atoms with van der Waals surface area (Å²) in [6, 6.07) is 28.9. The standard InChI is InChI=1S/C33H30N4O3/c1-24-9-11-26(12-10-24)23-37-28-6-2-3-7-29(28)40-30(33(37)39)22-25-13-15-27(16-14-25)32(38)36-20-18-35(19-21-36)31-8-4-5-17-34-31/h2-17,22H,18-21,23H2,1H3. The average Bonchev–Trinajstić information content (AvgIpc) is 3.01. The third-order valence-electron chi connectivity index (χ3n) is 7.29. The smallest absolute Gasteiger partial charge is 0.294 e. The van der Waals surface area contributed by atoms with Gasteiger partial charge < -0.3 is 14.5 Å². The number of hydrogen-bond acceptors (Lipinski definition) is 5. The molecule has 7 heteroatoms. The number of benzene rings is 3. The Balaban J connectivity index is 1.16.